The number of carbonyl (C=O) groups excluding carboxylic acids is 2. The third kappa shape index (κ3) is 3.10. The van der Waals surface area contributed by atoms with E-state index in [2.05, 4.69) is 17.2 Å². The highest BCUT2D eigenvalue weighted by molar-refractivity contribution is 6.08. The number of nitro groups is 1. The standard InChI is InChI=1S/C20H26N4O4/c1-4-5-6-7-11-23-18(25)16-17(19(23)26)21-22-20(16,13(2)3)14-9-8-10-15(12-14)24(27)28/h8-10,12-13,16-17H,4-7,11H2,1-3H3. The summed E-state index contributed by atoms with van der Waals surface area (Å²) in [6.07, 6.45) is 3.87. The number of unbranched alkanes of at least 4 members (excludes halogenated alkanes) is 3. The third-order valence-electron chi connectivity index (χ3n) is 5.82. The molecule has 2 aliphatic rings. The van der Waals surface area contributed by atoms with Gasteiger partial charge in [-0.15, -0.1) is 0 Å². The Labute approximate surface area is 164 Å². The van der Waals surface area contributed by atoms with Gasteiger partial charge >= 0.3 is 0 Å². The monoisotopic (exact) mass is 386 g/mol. The van der Waals surface area contributed by atoms with Crippen LogP contribution in [0.2, 0.25) is 0 Å². The number of likely N-dealkylation sites (tertiary alicyclic amines) is 1. The molecule has 1 fully saturated rings. The van der Waals surface area contributed by atoms with Gasteiger partial charge in [0, 0.05) is 18.7 Å². The van der Waals surface area contributed by atoms with Gasteiger partial charge in [0.05, 0.1) is 4.92 Å². The first-order valence-electron chi connectivity index (χ1n) is 9.86. The minimum Gasteiger partial charge on any atom is -0.280 e. The lowest BCUT2D eigenvalue weighted by molar-refractivity contribution is -0.385. The van der Waals surface area contributed by atoms with Crippen LogP contribution in [0.1, 0.15) is 52.0 Å². The molecule has 0 aromatic heterocycles. The van der Waals surface area contributed by atoms with Gasteiger partial charge in [-0.2, -0.15) is 10.2 Å². The van der Waals surface area contributed by atoms with E-state index < -0.39 is 22.4 Å². The SMILES string of the molecule is CCCCCCN1C(=O)C2N=NC(c3cccc([N+](=O)[O-])c3)(C(C)C)C2C1=O. The van der Waals surface area contributed by atoms with Gasteiger partial charge in [0.25, 0.3) is 11.6 Å². The first-order chi connectivity index (χ1) is 13.3. The van der Waals surface area contributed by atoms with Crippen LogP contribution >= 0.6 is 0 Å². The van der Waals surface area contributed by atoms with Crippen LogP contribution in [0, 0.1) is 22.0 Å². The molecule has 3 unspecified atom stereocenters. The summed E-state index contributed by atoms with van der Waals surface area (Å²) in [6, 6.07) is 5.34. The molecule has 8 nitrogen and oxygen atoms in total. The molecular weight excluding hydrogens is 360 g/mol. The average Bonchev–Trinajstić information content (AvgIpc) is 3.18. The Morgan fingerprint density at radius 3 is 2.61 bits per heavy atom. The van der Waals surface area contributed by atoms with Gasteiger partial charge in [-0.3, -0.25) is 24.6 Å². The molecule has 0 aliphatic carbocycles. The molecule has 150 valence electrons. The summed E-state index contributed by atoms with van der Waals surface area (Å²) in [5.41, 5.74) is -0.576. The van der Waals surface area contributed by atoms with Crippen molar-refractivity contribution in [1.82, 2.24) is 4.90 Å². The van der Waals surface area contributed by atoms with Crippen molar-refractivity contribution in [1.29, 1.82) is 0 Å². The number of hydrogen-bond acceptors (Lipinski definition) is 6. The van der Waals surface area contributed by atoms with Crippen LogP contribution in [0.15, 0.2) is 34.5 Å². The van der Waals surface area contributed by atoms with Crippen molar-refractivity contribution < 1.29 is 14.5 Å². The van der Waals surface area contributed by atoms with Gasteiger partial charge in [0.1, 0.15) is 11.5 Å². The Morgan fingerprint density at radius 2 is 1.96 bits per heavy atom. The summed E-state index contributed by atoms with van der Waals surface area (Å²) in [4.78, 5) is 38.1. The van der Waals surface area contributed by atoms with Gasteiger partial charge in [-0.25, -0.2) is 0 Å². The van der Waals surface area contributed by atoms with Crippen molar-refractivity contribution >= 4 is 17.5 Å². The zero-order chi connectivity index (χ0) is 20.5. The summed E-state index contributed by atoms with van der Waals surface area (Å²) < 4.78 is 0. The van der Waals surface area contributed by atoms with E-state index in [1.54, 1.807) is 12.1 Å². The Balaban J connectivity index is 1.96. The average molecular weight is 386 g/mol. The highest BCUT2D eigenvalue weighted by Crippen LogP contribution is 2.51. The Bertz CT molecular complexity index is 822. The lowest BCUT2D eigenvalue weighted by Gasteiger charge is -2.34. The summed E-state index contributed by atoms with van der Waals surface area (Å²) in [5.74, 6) is -1.47. The molecule has 0 radical (unpaired) electrons. The zero-order valence-electron chi connectivity index (χ0n) is 16.5. The number of nitrogens with zero attached hydrogens (tertiary/aromatic N) is 4. The number of imide groups is 1. The van der Waals surface area contributed by atoms with Crippen LogP contribution in [-0.4, -0.2) is 34.2 Å². The molecule has 3 rings (SSSR count). The fourth-order valence-corrected chi connectivity index (χ4v) is 4.31. The molecule has 0 N–H and O–H groups in total. The van der Waals surface area contributed by atoms with Gasteiger partial charge < -0.3 is 0 Å². The van der Waals surface area contributed by atoms with Crippen LogP contribution in [0.5, 0.6) is 0 Å². The first-order valence-corrected chi connectivity index (χ1v) is 9.86. The minimum atomic E-state index is -1.07. The smallest absolute Gasteiger partial charge is 0.269 e. The predicted molar refractivity (Wildman–Crippen MR) is 103 cm³/mol. The van der Waals surface area contributed by atoms with Crippen molar-refractivity contribution in [2.45, 2.75) is 58.0 Å². The number of benzene rings is 1. The predicted octanol–water partition coefficient (Wildman–Crippen LogP) is 3.85. The lowest BCUT2D eigenvalue weighted by Crippen LogP contribution is -2.43. The highest BCUT2D eigenvalue weighted by Gasteiger charge is 2.63. The van der Waals surface area contributed by atoms with Crippen LogP contribution in [-0.2, 0) is 15.1 Å². The van der Waals surface area contributed by atoms with Crippen LogP contribution in [0.25, 0.3) is 0 Å². The molecule has 3 atom stereocenters. The van der Waals surface area contributed by atoms with Gasteiger partial charge in [-0.05, 0) is 17.9 Å². The van der Waals surface area contributed by atoms with Crippen LogP contribution < -0.4 is 0 Å². The summed E-state index contributed by atoms with van der Waals surface area (Å²) in [6.45, 7) is 6.31. The number of azo groups is 1. The normalized spacial score (nSPS) is 26.4. The van der Waals surface area contributed by atoms with E-state index in [9.17, 15) is 19.7 Å². The van der Waals surface area contributed by atoms with E-state index >= 15 is 0 Å². The molecule has 0 bridgehead atoms. The van der Waals surface area contributed by atoms with Crippen LogP contribution in [0.4, 0.5) is 5.69 Å². The van der Waals surface area contributed by atoms with Crippen molar-refractivity contribution in [2.24, 2.45) is 22.1 Å². The molecule has 1 saturated heterocycles. The summed E-state index contributed by atoms with van der Waals surface area (Å²) in [5, 5.41) is 19.8. The van der Waals surface area contributed by atoms with E-state index in [1.807, 2.05) is 13.8 Å². The maximum Gasteiger partial charge on any atom is 0.269 e. The molecule has 1 aromatic carbocycles. The number of amides is 2. The molecule has 2 amide bonds. The minimum absolute atomic E-state index is 0.0654. The van der Waals surface area contributed by atoms with Gasteiger partial charge in [0.15, 0.2) is 6.04 Å². The van der Waals surface area contributed by atoms with E-state index in [0.29, 0.717) is 12.1 Å². The first kappa shape index (κ1) is 20.1. The second-order valence-corrected chi connectivity index (χ2v) is 7.81. The number of fused-ring (bicyclic) bond motifs is 1. The molecular formula is C20H26N4O4. The quantitative estimate of drug-likeness (QED) is 0.293. The molecule has 0 spiro atoms. The number of nitro benzene ring substituents is 1. The Kier molecular flexibility index (Phi) is 5.58. The Hall–Kier alpha value is -2.64. The fraction of sp³-hybridized carbons (Fsp3) is 0.600. The maximum atomic E-state index is 13.2. The molecule has 1 aromatic rings. The molecule has 2 aliphatic heterocycles. The van der Waals surface area contributed by atoms with Crippen LogP contribution in [0.3, 0.4) is 0 Å². The maximum absolute atomic E-state index is 13.2. The largest absolute Gasteiger partial charge is 0.280 e. The molecule has 28 heavy (non-hydrogen) atoms. The fourth-order valence-electron chi connectivity index (χ4n) is 4.31. The highest BCUT2D eigenvalue weighted by atomic mass is 16.6. The van der Waals surface area contributed by atoms with Gasteiger partial charge in [0.2, 0.25) is 5.91 Å². The number of carbonyl (C=O) groups is 2. The number of non-ortho nitro benzene ring substituents is 1. The van der Waals surface area contributed by atoms with E-state index in [-0.39, 0.29) is 23.4 Å². The van der Waals surface area contributed by atoms with E-state index in [0.717, 1.165) is 25.7 Å². The molecule has 8 heteroatoms. The second kappa shape index (κ2) is 7.77. The number of hydrogen-bond donors (Lipinski definition) is 0. The second-order valence-electron chi connectivity index (χ2n) is 7.81. The number of rotatable bonds is 8. The van der Waals surface area contributed by atoms with E-state index in [1.165, 1.54) is 17.0 Å². The lowest BCUT2D eigenvalue weighted by atomic mass is 9.70. The summed E-state index contributed by atoms with van der Waals surface area (Å²) >= 11 is 0. The van der Waals surface area contributed by atoms with Crippen molar-refractivity contribution in [3.8, 4) is 0 Å². The van der Waals surface area contributed by atoms with Gasteiger partial charge in [-0.1, -0.05) is 52.2 Å². The van der Waals surface area contributed by atoms with E-state index in [4.69, 9.17) is 0 Å². The topological polar surface area (TPSA) is 105 Å². The van der Waals surface area contributed by atoms with Crippen molar-refractivity contribution in [2.75, 3.05) is 6.54 Å². The Morgan fingerprint density at radius 1 is 1.21 bits per heavy atom. The van der Waals surface area contributed by atoms with Crippen molar-refractivity contribution in [3.05, 3.63) is 39.9 Å². The molecule has 0 saturated carbocycles. The summed E-state index contributed by atoms with van der Waals surface area (Å²) in [7, 11) is 0. The van der Waals surface area contributed by atoms with Crippen molar-refractivity contribution in [3.63, 3.8) is 0 Å². The molecule has 2 heterocycles. The third-order valence-corrected chi connectivity index (χ3v) is 5.82. The zero-order valence-corrected chi connectivity index (χ0v) is 16.5.